The highest BCUT2D eigenvalue weighted by molar-refractivity contribution is 7.89. The second-order valence-corrected chi connectivity index (χ2v) is 7.08. The molecule has 5 nitrogen and oxygen atoms in total. The molecule has 1 atom stereocenters. The van der Waals surface area contributed by atoms with Crippen LogP contribution in [-0.4, -0.2) is 58.4 Å². The maximum Gasteiger partial charge on any atom is 0.213 e. The zero-order valence-corrected chi connectivity index (χ0v) is 12.3. The van der Waals surface area contributed by atoms with Crippen LogP contribution in [0.2, 0.25) is 0 Å². The molecule has 1 aliphatic heterocycles. The zero-order valence-electron chi connectivity index (χ0n) is 11.5. The number of rotatable bonds is 8. The van der Waals surface area contributed by atoms with Gasteiger partial charge in [-0.3, -0.25) is 0 Å². The molecule has 0 aromatic carbocycles. The van der Waals surface area contributed by atoms with E-state index < -0.39 is 10.0 Å². The Labute approximate surface area is 111 Å². The summed E-state index contributed by atoms with van der Waals surface area (Å²) in [6.07, 6.45) is 2.78. The molecule has 0 saturated carbocycles. The van der Waals surface area contributed by atoms with Crippen LogP contribution in [0.25, 0.3) is 0 Å². The molecule has 0 amide bonds. The molecule has 1 N–H and O–H groups in total. The van der Waals surface area contributed by atoms with Crippen LogP contribution in [0.4, 0.5) is 0 Å². The molecule has 1 fully saturated rings. The lowest BCUT2D eigenvalue weighted by Gasteiger charge is -2.26. The zero-order chi connectivity index (χ0) is 13.4. The Bertz CT molecular complexity index is 313. The fraction of sp³-hybridized carbons (Fsp3) is 1.00. The molecular weight excluding hydrogens is 252 g/mol. The summed E-state index contributed by atoms with van der Waals surface area (Å²) in [5.74, 6) is 0.580. The highest BCUT2D eigenvalue weighted by Crippen LogP contribution is 2.16. The standard InChI is InChI=1S/C12H26N2O3S/c1-3-13-7-5-9-18(15,16)14(2)10-12-6-4-8-17-11-12/h12-13H,3-11H2,1-2H3. The molecule has 108 valence electrons. The molecule has 1 aliphatic rings. The molecule has 6 heteroatoms. The molecule has 1 unspecified atom stereocenters. The number of hydrogen-bond acceptors (Lipinski definition) is 4. The summed E-state index contributed by atoms with van der Waals surface area (Å²) in [4.78, 5) is 0. The van der Waals surface area contributed by atoms with Crippen LogP contribution in [0.5, 0.6) is 0 Å². The first-order valence-corrected chi connectivity index (χ1v) is 8.39. The van der Waals surface area contributed by atoms with Crippen LogP contribution in [0.15, 0.2) is 0 Å². The van der Waals surface area contributed by atoms with Crippen molar-refractivity contribution in [2.75, 3.05) is 45.6 Å². The number of sulfonamides is 1. The molecule has 0 aromatic rings. The lowest BCUT2D eigenvalue weighted by Crippen LogP contribution is -2.36. The third-order valence-electron chi connectivity index (χ3n) is 3.25. The minimum absolute atomic E-state index is 0.226. The average Bonchev–Trinajstić information content (AvgIpc) is 2.36. The number of ether oxygens (including phenoxy) is 1. The van der Waals surface area contributed by atoms with Crippen molar-refractivity contribution >= 4 is 10.0 Å². The van der Waals surface area contributed by atoms with Crippen LogP contribution in [0, 0.1) is 5.92 Å². The van der Waals surface area contributed by atoms with Gasteiger partial charge in [0.2, 0.25) is 10.0 Å². The second-order valence-electron chi connectivity index (χ2n) is 4.89. The van der Waals surface area contributed by atoms with E-state index in [4.69, 9.17) is 4.74 Å². The van der Waals surface area contributed by atoms with Crippen molar-refractivity contribution in [3.63, 3.8) is 0 Å². The molecule has 1 rings (SSSR count). The first-order chi connectivity index (χ1) is 8.56. The normalized spacial score (nSPS) is 21.4. The minimum atomic E-state index is -3.10. The summed E-state index contributed by atoms with van der Waals surface area (Å²) in [5.41, 5.74) is 0. The fourth-order valence-electron chi connectivity index (χ4n) is 2.14. The van der Waals surface area contributed by atoms with Crippen molar-refractivity contribution < 1.29 is 13.2 Å². The molecular formula is C12H26N2O3S. The van der Waals surface area contributed by atoms with Crippen molar-refractivity contribution in [3.05, 3.63) is 0 Å². The fourth-order valence-corrected chi connectivity index (χ4v) is 3.40. The lowest BCUT2D eigenvalue weighted by atomic mass is 10.0. The molecule has 0 spiro atoms. The summed E-state index contributed by atoms with van der Waals surface area (Å²) in [6, 6.07) is 0. The molecule has 0 aromatic heterocycles. The quantitative estimate of drug-likeness (QED) is 0.663. The van der Waals surface area contributed by atoms with Gasteiger partial charge in [0.15, 0.2) is 0 Å². The van der Waals surface area contributed by atoms with Crippen LogP contribution < -0.4 is 5.32 Å². The van der Waals surface area contributed by atoms with E-state index in [-0.39, 0.29) is 5.75 Å². The van der Waals surface area contributed by atoms with E-state index in [0.717, 1.165) is 32.5 Å². The second kappa shape index (κ2) is 8.09. The van der Waals surface area contributed by atoms with Crippen LogP contribution in [0.3, 0.4) is 0 Å². The largest absolute Gasteiger partial charge is 0.381 e. The Morgan fingerprint density at radius 3 is 2.83 bits per heavy atom. The van der Waals surface area contributed by atoms with E-state index in [1.807, 2.05) is 6.92 Å². The van der Waals surface area contributed by atoms with Crippen molar-refractivity contribution in [1.29, 1.82) is 0 Å². The Kier molecular flexibility index (Phi) is 7.14. The molecule has 1 saturated heterocycles. The number of hydrogen-bond donors (Lipinski definition) is 1. The lowest BCUT2D eigenvalue weighted by molar-refractivity contribution is 0.0495. The molecule has 1 heterocycles. The number of nitrogens with zero attached hydrogens (tertiary/aromatic N) is 1. The van der Waals surface area contributed by atoms with Gasteiger partial charge in [-0.1, -0.05) is 6.92 Å². The minimum Gasteiger partial charge on any atom is -0.381 e. The highest BCUT2D eigenvalue weighted by Gasteiger charge is 2.22. The maximum atomic E-state index is 12.0. The third-order valence-corrected chi connectivity index (χ3v) is 5.15. The molecule has 0 radical (unpaired) electrons. The number of nitrogens with one attached hydrogen (secondary N) is 1. The molecule has 0 bridgehead atoms. The van der Waals surface area contributed by atoms with E-state index in [1.54, 1.807) is 7.05 Å². The summed E-state index contributed by atoms with van der Waals surface area (Å²) in [7, 11) is -1.42. The van der Waals surface area contributed by atoms with Gasteiger partial charge < -0.3 is 10.1 Å². The van der Waals surface area contributed by atoms with Gasteiger partial charge in [-0.25, -0.2) is 12.7 Å². The smallest absolute Gasteiger partial charge is 0.213 e. The van der Waals surface area contributed by atoms with E-state index in [9.17, 15) is 8.42 Å². The molecule has 0 aliphatic carbocycles. The first kappa shape index (κ1) is 15.9. The third kappa shape index (κ3) is 5.65. The highest BCUT2D eigenvalue weighted by atomic mass is 32.2. The average molecular weight is 278 g/mol. The first-order valence-electron chi connectivity index (χ1n) is 6.78. The van der Waals surface area contributed by atoms with E-state index >= 15 is 0 Å². The Balaban J connectivity index is 2.31. The van der Waals surface area contributed by atoms with Gasteiger partial charge in [-0.05, 0) is 38.3 Å². The SMILES string of the molecule is CCNCCCS(=O)(=O)N(C)CC1CCCOC1. The van der Waals surface area contributed by atoms with Gasteiger partial charge in [0.25, 0.3) is 0 Å². The van der Waals surface area contributed by atoms with Crippen molar-refractivity contribution in [2.45, 2.75) is 26.2 Å². The van der Waals surface area contributed by atoms with Crippen LogP contribution in [0.1, 0.15) is 26.2 Å². The van der Waals surface area contributed by atoms with E-state index in [2.05, 4.69) is 5.32 Å². The van der Waals surface area contributed by atoms with Gasteiger partial charge in [0.05, 0.1) is 12.4 Å². The summed E-state index contributed by atoms with van der Waals surface area (Å²) < 4.78 is 30.9. The summed E-state index contributed by atoms with van der Waals surface area (Å²) in [6.45, 7) is 5.76. The maximum absolute atomic E-state index is 12.0. The monoisotopic (exact) mass is 278 g/mol. The van der Waals surface area contributed by atoms with Crippen LogP contribution in [-0.2, 0) is 14.8 Å². The summed E-state index contributed by atoms with van der Waals surface area (Å²) >= 11 is 0. The van der Waals surface area contributed by atoms with E-state index in [0.29, 0.717) is 25.5 Å². The van der Waals surface area contributed by atoms with E-state index in [1.165, 1.54) is 4.31 Å². The Morgan fingerprint density at radius 1 is 1.44 bits per heavy atom. The van der Waals surface area contributed by atoms with Gasteiger partial charge in [0, 0.05) is 20.2 Å². The Hall–Kier alpha value is -0.170. The van der Waals surface area contributed by atoms with Crippen molar-refractivity contribution in [3.8, 4) is 0 Å². The van der Waals surface area contributed by atoms with Crippen molar-refractivity contribution in [1.82, 2.24) is 9.62 Å². The van der Waals surface area contributed by atoms with Crippen LogP contribution >= 0.6 is 0 Å². The van der Waals surface area contributed by atoms with Gasteiger partial charge in [0.1, 0.15) is 0 Å². The van der Waals surface area contributed by atoms with Gasteiger partial charge >= 0.3 is 0 Å². The van der Waals surface area contributed by atoms with Gasteiger partial charge in [-0.2, -0.15) is 0 Å². The predicted octanol–water partition coefficient (Wildman–Crippen LogP) is 0.674. The summed E-state index contributed by atoms with van der Waals surface area (Å²) in [5, 5.41) is 3.14. The predicted molar refractivity (Wildman–Crippen MR) is 73.1 cm³/mol. The van der Waals surface area contributed by atoms with Gasteiger partial charge in [-0.15, -0.1) is 0 Å². The Morgan fingerprint density at radius 2 is 2.22 bits per heavy atom. The van der Waals surface area contributed by atoms with Crippen molar-refractivity contribution in [2.24, 2.45) is 5.92 Å². The molecule has 18 heavy (non-hydrogen) atoms. The topological polar surface area (TPSA) is 58.6 Å².